The van der Waals surface area contributed by atoms with Crippen LogP contribution in [0.5, 0.6) is 0 Å². The third-order valence-corrected chi connectivity index (χ3v) is 3.37. The van der Waals surface area contributed by atoms with Gasteiger partial charge in [-0.3, -0.25) is 9.48 Å². The molecule has 2 rings (SSSR count). The van der Waals surface area contributed by atoms with Crippen LogP contribution in [-0.2, 0) is 23.9 Å². The van der Waals surface area contributed by atoms with Gasteiger partial charge in [-0.15, -0.1) is 4.98 Å². The summed E-state index contributed by atoms with van der Waals surface area (Å²) in [7, 11) is 0. The highest BCUT2D eigenvalue weighted by Gasteiger charge is 2.36. The minimum absolute atomic E-state index is 0.100. The first kappa shape index (κ1) is 18.5. The van der Waals surface area contributed by atoms with Crippen molar-refractivity contribution in [1.82, 2.24) is 14.8 Å². The van der Waals surface area contributed by atoms with E-state index in [4.69, 9.17) is 6.57 Å². The largest absolute Gasteiger partial charge is 0.409 e. The van der Waals surface area contributed by atoms with Crippen LogP contribution in [0.2, 0.25) is 0 Å². The molecule has 0 fully saturated rings. The number of carbonyl (C=O) groups excluding carboxylic acids is 1. The van der Waals surface area contributed by atoms with Crippen LogP contribution in [-0.4, -0.2) is 31.3 Å². The fourth-order valence-electron chi connectivity index (χ4n) is 2.10. The molecule has 0 aliphatic carbocycles. The second-order valence-electron chi connectivity index (χ2n) is 5.55. The summed E-state index contributed by atoms with van der Waals surface area (Å²) in [6, 6.07) is 0.655. The molecule has 0 spiro atoms. The summed E-state index contributed by atoms with van der Waals surface area (Å²) in [5.41, 5.74) is -3.33. The molecule has 0 unspecified atom stereocenters. The maximum absolute atomic E-state index is 12.9. The van der Waals surface area contributed by atoms with Crippen molar-refractivity contribution in [1.29, 1.82) is 0 Å². The van der Waals surface area contributed by atoms with Crippen LogP contribution in [0.15, 0.2) is 24.7 Å². The van der Waals surface area contributed by atoms with Crippen LogP contribution >= 0.6 is 0 Å². The molecule has 2 aromatic rings. The van der Waals surface area contributed by atoms with Crippen LogP contribution < -0.4 is 0 Å². The fraction of sp³-hybridized carbons (Fsp3) is 0.333. The number of hydrogen-bond acceptors (Lipinski definition) is 4. The van der Waals surface area contributed by atoms with Crippen molar-refractivity contribution < 1.29 is 27.5 Å². The van der Waals surface area contributed by atoms with Crippen molar-refractivity contribution in [3.63, 3.8) is 0 Å². The smallest absolute Gasteiger partial charge is 0.380 e. The molecule has 0 bridgehead atoms. The molecule has 1 N–H and O–H groups in total. The molecule has 1 atom stereocenters. The number of hydrogen-bond donors (Lipinski definition) is 1. The Morgan fingerprint density at radius 3 is 2.60 bits per heavy atom. The monoisotopic (exact) mass is 356 g/mol. The van der Waals surface area contributed by atoms with Crippen molar-refractivity contribution in [2.45, 2.75) is 31.7 Å². The van der Waals surface area contributed by atoms with E-state index in [1.165, 1.54) is 0 Å². The van der Waals surface area contributed by atoms with Crippen molar-refractivity contribution >= 4 is 11.6 Å². The maximum Gasteiger partial charge on any atom is 0.409 e. The second kappa shape index (κ2) is 6.60. The van der Waals surface area contributed by atoms with E-state index < -0.39 is 41.2 Å². The second-order valence-corrected chi connectivity index (χ2v) is 5.55. The molecule has 0 aliphatic heterocycles. The van der Waals surface area contributed by atoms with Gasteiger partial charge in [0.2, 0.25) is 0 Å². The Bertz CT molecular complexity index is 837. The molecule has 10 heteroatoms. The number of Topliss-reactive ketones (excluding diaryl/α,β-unsaturated/α-hetero) is 1. The minimum atomic E-state index is -4.79. The summed E-state index contributed by atoms with van der Waals surface area (Å²) in [5.74, 6) is -2.27. The van der Waals surface area contributed by atoms with Gasteiger partial charge < -0.3 is 9.95 Å². The molecule has 0 saturated carbocycles. The molecule has 6 nitrogen and oxygen atoms in total. The average molecular weight is 356 g/mol. The third-order valence-electron chi connectivity index (χ3n) is 3.37. The molecular weight excluding hydrogens is 344 g/mol. The van der Waals surface area contributed by atoms with Gasteiger partial charge in [0.05, 0.1) is 24.5 Å². The number of nitrogens with zero attached hydrogens (tertiary/aromatic N) is 4. The summed E-state index contributed by atoms with van der Waals surface area (Å²) >= 11 is 0. The molecule has 0 amide bonds. The molecule has 25 heavy (non-hydrogen) atoms. The first-order valence-electron chi connectivity index (χ1n) is 6.90. The third kappa shape index (κ3) is 4.39. The van der Waals surface area contributed by atoms with Gasteiger partial charge >= 0.3 is 6.18 Å². The predicted octanol–water partition coefficient (Wildman–Crippen LogP) is 2.55. The molecule has 2 aromatic heterocycles. The van der Waals surface area contributed by atoms with E-state index in [0.717, 1.165) is 30.2 Å². The van der Waals surface area contributed by atoms with E-state index >= 15 is 0 Å². The van der Waals surface area contributed by atoms with E-state index in [2.05, 4.69) is 14.9 Å². The van der Waals surface area contributed by atoms with Gasteiger partial charge in [-0.25, -0.2) is 4.39 Å². The lowest BCUT2D eigenvalue weighted by molar-refractivity contribution is -0.138. The predicted molar refractivity (Wildman–Crippen MR) is 77.0 cm³/mol. The van der Waals surface area contributed by atoms with Crippen LogP contribution in [0.25, 0.3) is 4.85 Å². The van der Waals surface area contributed by atoms with Crippen molar-refractivity contribution in [2.75, 3.05) is 0 Å². The highest BCUT2D eigenvalue weighted by Crippen LogP contribution is 2.35. The van der Waals surface area contributed by atoms with E-state index in [1.807, 2.05) is 0 Å². The lowest BCUT2D eigenvalue weighted by atomic mass is 9.95. The summed E-state index contributed by atoms with van der Waals surface area (Å²) < 4.78 is 52.6. The quantitative estimate of drug-likeness (QED) is 0.660. The number of aliphatic hydroxyl groups is 1. The number of rotatable bonds is 5. The summed E-state index contributed by atoms with van der Waals surface area (Å²) in [5, 5.41) is 13.8. The maximum atomic E-state index is 12.9. The Morgan fingerprint density at radius 2 is 2.08 bits per heavy atom. The van der Waals surface area contributed by atoms with Gasteiger partial charge in [-0.05, 0) is 6.92 Å². The summed E-state index contributed by atoms with van der Waals surface area (Å²) in [6.45, 7) is 7.51. The number of alkyl halides is 3. The van der Waals surface area contributed by atoms with Crippen molar-refractivity contribution in [3.05, 3.63) is 53.0 Å². The van der Waals surface area contributed by atoms with Gasteiger partial charge in [0.25, 0.3) is 5.82 Å². The normalized spacial score (nSPS) is 14.0. The van der Waals surface area contributed by atoms with Crippen LogP contribution in [0, 0.1) is 12.4 Å². The zero-order valence-corrected chi connectivity index (χ0v) is 12.9. The van der Waals surface area contributed by atoms with Gasteiger partial charge in [0.15, 0.2) is 11.6 Å². The first-order chi connectivity index (χ1) is 11.5. The topological polar surface area (TPSA) is 72.4 Å². The molecule has 132 valence electrons. The van der Waals surface area contributed by atoms with Gasteiger partial charge in [-0.1, -0.05) is 12.6 Å². The zero-order chi connectivity index (χ0) is 18.8. The van der Waals surface area contributed by atoms with Crippen molar-refractivity contribution in [2.24, 2.45) is 0 Å². The Balaban J connectivity index is 2.21. The van der Waals surface area contributed by atoms with E-state index in [-0.39, 0.29) is 12.1 Å². The summed E-state index contributed by atoms with van der Waals surface area (Å²) in [4.78, 5) is 18.3. The lowest BCUT2D eigenvalue weighted by Gasteiger charge is -2.21. The summed E-state index contributed by atoms with van der Waals surface area (Å²) in [6.07, 6.45) is -2.49. The molecule has 2 heterocycles. The van der Waals surface area contributed by atoms with E-state index in [1.54, 1.807) is 0 Å². The van der Waals surface area contributed by atoms with Crippen molar-refractivity contribution in [3.8, 4) is 0 Å². The molecule has 0 saturated heterocycles. The fourth-order valence-corrected chi connectivity index (χ4v) is 2.10. The van der Waals surface area contributed by atoms with Crippen LogP contribution in [0.4, 0.5) is 23.4 Å². The Morgan fingerprint density at radius 1 is 1.40 bits per heavy atom. The highest BCUT2D eigenvalue weighted by molar-refractivity contribution is 5.88. The Kier molecular flexibility index (Phi) is 4.89. The zero-order valence-electron chi connectivity index (χ0n) is 12.9. The lowest BCUT2D eigenvalue weighted by Crippen LogP contribution is -2.41. The van der Waals surface area contributed by atoms with Gasteiger partial charge in [0.1, 0.15) is 11.8 Å². The molecule has 0 aromatic carbocycles. The standard InChI is InChI=1S/C15H12F4N4O2/c1-14(25,8-23-7-10(16)6-22-23)12(24)4-9-3-11(15(17,18)19)13(20-2)21-5-9/h3,5-7,25H,4,8H2,1H3/t14-/m0/s1. The highest BCUT2D eigenvalue weighted by atomic mass is 19.4. The molecular formula is C15H12F4N4O2. The molecule has 0 aliphatic rings. The average Bonchev–Trinajstić information content (AvgIpc) is 2.90. The Labute approximate surface area is 139 Å². The van der Waals surface area contributed by atoms with Gasteiger partial charge in [0, 0.05) is 12.0 Å². The number of ketones is 1. The number of halogens is 4. The molecule has 0 radical (unpaired) electrons. The van der Waals surface area contributed by atoms with Crippen LogP contribution in [0.1, 0.15) is 18.1 Å². The van der Waals surface area contributed by atoms with E-state index in [9.17, 15) is 27.5 Å². The number of carbonyl (C=O) groups is 1. The number of pyridine rings is 1. The number of aromatic nitrogens is 3. The minimum Gasteiger partial charge on any atom is -0.380 e. The SMILES string of the molecule is [C-]#[N+]c1ncc(CC(=O)[C@@](C)(O)Cn2cc(F)cn2)cc1C(F)(F)F. The van der Waals surface area contributed by atoms with E-state index in [0.29, 0.717) is 6.07 Å². The van der Waals surface area contributed by atoms with Crippen LogP contribution in [0.3, 0.4) is 0 Å². The Hall–Kier alpha value is -2.80. The van der Waals surface area contributed by atoms with Gasteiger partial charge in [-0.2, -0.15) is 18.3 Å². The first-order valence-corrected chi connectivity index (χ1v) is 6.90.